The number of carbonyl (C=O) groups excluding carboxylic acids is 2. The van der Waals surface area contributed by atoms with Crippen LogP contribution in [0.3, 0.4) is 0 Å². The number of rotatable bonds is 4. The molecule has 11 heteroatoms. The topological polar surface area (TPSA) is 118 Å². The molecule has 1 atom stereocenters. The molecule has 3 aromatic rings. The Morgan fingerprint density at radius 1 is 1.19 bits per heavy atom. The minimum absolute atomic E-state index is 0.0576. The Balaban J connectivity index is 1.71. The van der Waals surface area contributed by atoms with E-state index in [0.717, 1.165) is 24.3 Å². The fourth-order valence-corrected chi connectivity index (χ4v) is 3.40. The van der Waals surface area contributed by atoms with Crippen LogP contribution in [0.25, 0.3) is 11.6 Å². The number of allylic oxidation sites excluding steroid dienone is 1. The van der Waals surface area contributed by atoms with Crippen LogP contribution in [0.4, 0.5) is 13.2 Å². The molecule has 0 saturated heterocycles. The van der Waals surface area contributed by atoms with Gasteiger partial charge in [-0.05, 0) is 35.7 Å². The second-order valence-corrected chi connectivity index (χ2v) is 6.97. The number of alkyl halides is 3. The number of H-pyrrole nitrogens is 1. The smallest absolute Gasteiger partial charge is 0.331 e. The predicted molar refractivity (Wildman–Crippen MR) is 105 cm³/mol. The number of nitrogens with zero attached hydrogens (tertiary/aromatic N) is 3. The van der Waals surface area contributed by atoms with E-state index in [-0.39, 0.29) is 34.9 Å². The molecule has 1 aromatic carbocycles. The quantitative estimate of drug-likeness (QED) is 0.473. The number of nitrogens with one attached hydrogen (secondary N) is 2. The number of halogens is 3. The van der Waals surface area contributed by atoms with E-state index in [1.54, 1.807) is 6.07 Å². The predicted octanol–water partition coefficient (Wildman–Crippen LogP) is 2.18. The third-order valence-electron chi connectivity index (χ3n) is 4.85. The lowest BCUT2D eigenvalue weighted by Crippen LogP contribution is -2.48. The van der Waals surface area contributed by atoms with Crippen LogP contribution in [0, 0.1) is 0 Å². The largest absolute Gasteiger partial charge is 0.416 e. The molecular weight excluding hydrogens is 427 g/mol. The van der Waals surface area contributed by atoms with Gasteiger partial charge in [0, 0.05) is 18.5 Å². The van der Waals surface area contributed by atoms with E-state index < -0.39 is 28.7 Å². The van der Waals surface area contributed by atoms with Gasteiger partial charge in [-0.15, -0.1) is 0 Å². The van der Waals surface area contributed by atoms with Crippen molar-refractivity contribution in [2.45, 2.75) is 18.1 Å². The van der Waals surface area contributed by atoms with Crippen LogP contribution in [-0.4, -0.2) is 32.1 Å². The van der Waals surface area contributed by atoms with Gasteiger partial charge in [0.05, 0.1) is 5.56 Å². The van der Waals surface area contributed by atoms with E-state index in [2.05, 4.69) is 25.3 Å². The SMILES string of the molecule is O=C[C@@]1(NC(=O)c2cc(=O)[nH]c(-c3ncccn3)n2)C=CCc2cc(C(F)(F)F)ccc21. The van der Waals surface area contributed by atoms with Crippen LogP contribution in [0.15, 0.2) is 59.7 Å². The molecule has 8 nitrogen and oxygen atoms in total. The average Bonchev–Trinajstić information content (AvgIpc) is 2.78. The maximum absolute atomic E-state index is 13.1. The van der Waals surface area contributed by atoms with Crippen LogP contribution < -0.4 is 10.9 Å². The zero-order chi connectivity index (χ0) is 22.9. The van der Waals surface area contributed by atoms with Crippen molar-refractivity contribution in [2.75, 3.05) is 0 Å². The highest BCUT2D eigenvalue weighted by atomic mass is 19.4. The summed E-state index contributed by atoms with van der Waals surface area (Å²) in [5.41, 5.74) is -3.10. The highest BCUT2D eigenvalue weighted by Gasteiger charge is 2.38. The molecule has 1 amide bonds. The summed E-state index contributed by atoms with van der Waals surface area (Å²) in [7, 11) is 0. The van der Waals surface area contributed by atoms with Crippen molar-refractivity contribution < 1.29 is 22.8 Å². The van der Waals surface area contributed by atoms with E-state index in [1.165, 1.54) is 24.5 Å². The Bertz CT molecular complexity index is 1290. The first-order chi connectivity index (χ1) is 15.2. The van der Waals surface area contributed by atoms with Crippen molar-refractivity contribution in [1.82, 2.24) is 25.3 Å². The number of hydrogen-bond donors (Lipinski definition) is 2. The number of hydrogen-bond acceptors (Lipinski definition) is 6. The van der Waals surface area contributed by atoms with E-state index in [9.17, 15) is 27.6 Å². The molecular formula is C21H14F3N5O3. The van der Waals surface area contributed by atoms with Crippen LogP contribution in [0.1, 0.15) is 27.2 Å². The van der Waals surface area contributed by atoms with Crippen LogP contribution in [-0.2, 0) is 22.9 Å². The van der Waals surface area contributed by atoms with Gasteiger partial charge in [-0.1, -0.05) is 18.2 Å². The second kappa shape index (κ2) is 7.84. The average molecular weight is 441 g/mol. The van der Waals surface area contributed by atoms with Crippen LogP contribution in [0.5, 0.6) is 0 Å². The highest BCUT2D eigenvalue weighted by Crippen LogP contribution is 2.35. The van der Waals surface area contributed by atoms with Gasteiger partial charge in [0.2, 0.25) is 0 Å². The zero-order valence-electron chi connectivity index (χ0n) is 16.2. The Labute approximate surface area is 178 Å². The summed E-state index contributed by atoms with van der Waals surface area (Å²) in [5.74, 6) is -0.859. The minimum atomic E-state index is -4.55. The lowest BCUT2D eigenvalue weighted by Gasteiger charge is -2.31. The lowest BCUT2D eigenvalue weighted by molar-refractivity contribution is -0.137. The molecule has 0 aliphatic heterocycles. The molecule has 2 heterocycles. The van der Waals surface area contributed by atoms with E-state index in [1.807, 2.05) is 0 Å². The summed E-state index contributed by atoms with van der Waals surface area (Å²) in [6.45, 7) is 0. The van der Waals surface area contributed by atoms with Crippen molar-refractivity contribution in [2.24, 2.45) is 0 Å². The fourth-order valence-electron chi connectivity index (χ4n) is 3.40. The molecule has 162 valence electrons. The maximum atomic E-state index is 13.1. The van der Waals surface area contributed by atoms with Gasteiger partial charge in [0.1, 0.15) is 11.2 Å². The number of fused-ring (bicyclic) bond motifs is 1. The summed E-state index contributed by atoms with van der Waals surface area (Å²) in [6, 6.07) is 5.44. The summed E-state index contributed by atoms with van der Waals surface area (Å²) in [4.78, 5) is 51.4. The molecule has 0 saturated carbocycles. The highest BCUT2D eigenvalue weighted by molar-refractivity contribution is 5.96. The number of benzene rings is 1. The summed E-state index contributed by atoms with van der Waals surface area (Å²) >= 11 is 0. The van der Waals surface area contributed by atoms with Crippen molar-refractivity contribution in [1.29, 1.82) is 0 Å². The zero-order valence-corrected chi connectivity index (χ0v) is 16.2. The van der Waals surface area contributed by atoms with Gasteiger partial charge in [-0.3, -0.25) is 14.4 Å². The van der Waals surface area contributed by atoms with Crippen LogP contribution in [0.2, 0.25) is 0 Å². The number of aldehydes is 1. The third kappa shape index (κ3) is 3.92. The molecule has 1 aliphatic carbocycles. The molecule has 0 radical (unpaired) electrons. The van der Waals surface area contributed by atoms with Gasteiger partial charge < -0.3 is 10.3 Å². The number of aromatic nitrogens is 4. The molecule has 1 aliphatic rings. The summed E-state index contributed by atoms with van der Waals surface area (Å²) < 4.78 is 39.2. The van der Waals surface area contributed by atoms with Gasteiger partial charge in [-0.2, -0.15) is 13.2 Å². The van der Waals surface area contributed by atoms with Gasteiger partial charge in [0.25, 0.3) is 11.5 Å². The van der Waals surface area contributed by atoms with Crippen molar-refractivity contribution in [3.8, 4) is 11.6 Å². The van der Waals surface area contributed by atoms with Gasteiger partial charge in [0.15, 0.2) is 17.9 Å². The molecule has 0 spiro atoms. The Kier molecular flexibility index (Phi) is 5.17. The first kappa shape index (κ1) is 21.1. The van der Waals surface area contributed by atoms with E-state index >= 15 is 0 Å². The first-order valence-electron chi connectivity index (χ1n) is 9.28. The van der Waals surface area contributed by atoms with Gasteiger partial charge >= 0.3 is 6.18 Å². The Morgan fingerprint density at radius 2 is 1.94 bits per heavy atom. The van der Waals surface area contributed by atoms with Crippen molar-refractivity contribution in [3.05, 3.63) is 87.6 Å². The van der Waals surface area contributed by atoms with Crippen molar-refractivity contribution >= 4 is 12.2 Å². The lowest BCUT2D eigenvalue weighted by atomic mass is 9.81. The molecule has 0 fully saturated rings. The Morgan fingerprint density at radius 3 is 2.62 bits per heavy atom. The maximum Gasteiger partial charge on any atom is 0.416 e. The summed E-state index contributed by atoms with van der Waals surface area (Å²) in [5, 5.41) is 2.49. The Hall–Kier alpha value is -4.15. The summed E-state index contributed by atoms with van der Waals surface area (Å²) in [6.07, 6.45) is 1.76. The normalized spacial score (nSPS) is 17.5. The molecule has 32 heavy (non-hydrogen) atoms. The number of aromatic amines is 1. The standard InChI is InChI=1S/C21H14F3N5O3/c22-21(23,24)13-4-5-14-12(9-13)3-1-6-20(14,11-30)29-19(32)15-10-16(31)28-18(27-15)17-25-7-2-8-26-17/h1-2,4-11H,3H2,(H,29,32)(H,27,28,31)/t20-/m0/s1. The van der Waals surface area contributed by atoms with E-state index in [0.29, 0.717) is 6.29 Å². The third-order valence-corrected chi connectivity index (χ3v) is 4.85. The molecule has 4 rings (SSSR count). The minimum Gasteiger partial charge on any atom is -0.331 e. The monoisotopic (exact) mass is 441 g/mol. The molecule has 2 N–H and O–H groups in total. The van der Waals surface area contributed by atoms with Crippen molar-refractivity contribution in [3.63, 3.8) is 0 Å². The number of carbonyl (C=O) groups is 2. The first-order valence-corrected chi connectivity index (χ1v) is 9.28. The van der Waals surface area contributed by atoms with E-state index in [4.69, 9.17) is 0 Å². The van der Waals surface area contributed by atoms with Crippen LogP contribution >= 0.6 is 0 Å². The second-order valence-electron chi connectivity index (χ2n) is 6.97. The number of amides is 1. The fraction of sp³-hybridized carbons (Fsp3) is 0.143. The van der Waals surface area contributed by atoms with Gasteiger partial charge in [-0.25, -0.2) is 15.0 Å². The molecule has 2 aromatic heterocycles. The molecule has 0 bridgehead atoms. The molecule has 0 unspecified atom stereocenters.